The third-order valence-electron chi connectivity index (χ3n) is 3.39. The van der Waals surface area contributed by atoms with E-state index >= 15 is 0 Å². The summed E-state index contributed by atoms with van der Waals surface area (Å²) < 4.78 is 2.43. The highest BCUT2D eigenvalue weighted by Gasteiger charge is 2.19. The fraction of sp³-hybridized carbons (Fsp3) is 0.0714. The molecular weight excluding hydrogens is 210 g/mol. The maximum atomic E-state index is 2.43. The molecule has 0 atom stereocenters. The minimum Gasteiger partial charge on any atom is -0.313 e. The van der Waals surface area contributed by atoms with Gasteiger partial charge in [-0.25, -0.2) is 0 Å². The van der Waals surface area contributed by atoms with E-state index in [0.717, 1.165) is 6.42 Å². The van der Waals surface area contributed by atoms with Gasteiger partial charge < -0.3 is 4.57 Å². The highest BCUT2D eigenvalue weighted by atomic mass is 28.2. The predicted octanol–water partition coefficient (Wildman–Crippen LogP) is 2.61. The summed E-state index contributed by atoms with van der Waals surface area (Å²) in [6.07, 6.45) is 1.09. The zero-order chi connectivity index (χ0) is 10.5. The number of nitrogens with zero attached hydrogens (tertiary/aromatic N) is 1. The van der Waals surface area contributed by atoms with Crippen LogP contribution in [0.3, 0.4) is 0 Å². The van der Waals surface area contributed by atoms with E-state index in [2.05, 4.69) is 52.7 Å². The van der Waals surface area contributed by atoms with Crippen LogP contribution >= 0.6 is 0 Å². The summed E-state index contributed by atoms with van der Waals surface area (Å²) in [5, 5.41) is 0. The molecule has 0 amide bonds. The molecule has 76 valence electrons. The Morgan fingerprint density at radius 3 is 3.00 bits per heavy atom. The molecule has 2 aromatic heterocycles. The second-order valence-corrected chi connectivity index (χ2v) is 5.68. The molecule has 0 saturated heterocycles. The lowest BCUT2D eigenvalue weighted by atomic mass is 10.1. The lowest BCUT2D eigenvalue weighted by Crippen LogP contribution is -1.90. The molecule has 1 aliphatic rings. The van der Waals surface area contributed by atoms with E-state index in [4.69, 9.17) is 0 Å². The third kappa shape index (κ3) is 0.972. The summed E-state index contributed by atoms with van der Waals surface area (Å²) in [6.45, 7) is 0. The fourth-order valence-corrected chi connectivity index (χ4v) is 3.81. The average molecular weight is 221 g/mol. The largest absolute Gasteiger partial charge is 0.313 e. The minimum absolute atomic E-state index is 0.340. The van der Waals surface area contributed by atoms with Crippen molar-refractivity contribution in [3.05, 3.63) is 59.4 Å². The van der Waals surface area contributed by atoms with E-state index in [1.54, 1.807) is 5.00 Å². The Morgan fingerprint density at radius 1 is 1.06 bits per heavy atom. The van der Waals surface area contributed by atoms with Crippen LogP contribution in [-0.4, -0.2) is 13.7 Å². The van der Waals surface area contributed by atoms with Gasteiger partial charge in [0.25, 0.3) is 0 Å². The van der Waals surface area contributed by atoms with Gasteiger partial charge in [-0.1, -0.05) is 29.9 Å². The fourth-order valence-electron chi connectivity index (χ4n) is 2.70. The van der Waals surface area contributed by atoms with Crippen molar-refractivity contribution >= 4 is 19.6 Å². The van der Waals surface area contributed by atoms with Gasteiger partial charge in [-0.05, 0) is 28.8 Å². The van der Waals surface area contributed by atoms with Crippen molar-refractivity contribution in [1.29, 1.82) is 0 Å². The number of hydrogen-bond acceptors (Lipinski definition) is 0. The first kappa shape index (κ1) is 8.48. The van der Waals surface area contributed by atoms with Gasteiger partial charge in [-0.2, -0.15) is 0 Å². The van der Waals surface area contributed by atoms with Gasteiger partial charge >= 0.3 is 0 Å². The van der Waals surface area contributed by atoms with Gasteiger partial charge in [0.2, 0.25) is 0 Å². The molecule has 16 heavy (non-hydrogen) atoms. The zero-order valence-corrected chi connectivity index (χ0v) is 10.0. The Hall–Kier alpha value is -1.67. The number of hydrogen-bond donors (Lipinski definition) is 0. The molecule has 0 radical (unpaired) electrons. The second-order valence-electron chi connectivity index (χ2n) is 4.34. The van der Waals surface area contributed by atoms with Crippen LogP contribution in [0.5, 0.6) is 0 Å². The van der Waals surface area contributed by atoms with E-state index < -0.39 is 0 Å². The van der Waals surface area contributed by atoms with E-state index in [1.807, 2.05) is 0 Å². The van der Waals surface area contributed by atoms with Crippen molar-refractivity contribution in [2.75, 3.05) is 0 Å². The van der Waals surface area contributed by atoms with Gasteiger partial charge in [-0.3, -0.25) is 0 Å². The Balaban J connectivity index is 2.15. The summed E-state index contributed by atoms with van der Waals surface area (Å²) in [6, 6.07) is 15.6. The molecule has 0 spiro atoms. The Kier molecular flexibility index (Phi) is 1.55. The molecule has 0 N–H and O–H groups in total. The molecule has 4 rings (SSSR count). The molecule has 0 bridgehead atoms. The third-order valence-corrected chi connectivity index (χ3v) is 4.63. The number of para-hydroxylation sites is 1. The van der Waals surface area contributed by atoms with Crippen molar-refractivity contribution in [3.8, 4) is 5.69 Å². The lowest BCUT2D eigenvalue weighted by molar-refractivity contribution is 1.09. The zero-order valence-electron chi connectivity index (χ0n) is 8.85. The maximum absolute atomic E-state index is 2.43. The van der Waals surface area contributed by atoms with Crippen LogP contribution in [0.2, 0.25) is 0 Å². The predicted molar refractivity (Wildman–Crippen MR) is 68.8 cm³/mol. The van der Waals surface area contributed by atoms with Gasteiger partial charge in [0.15, 0.2) is 0 Å². The molecule has 1 aromatic carbocycles. The van der Waals surface area contributed by atoms with Crippen LogP contribution in [-0.2, 0) is 6.42 Å². The van der Waals surface area contributed by atoms with E-state index in [-0.39, 0.29) is 0 Å². The molecule has 1 aliphatic heterocycles. The van der Waals surface area contributed by atoms with E-state index in [0.29, 0.717) is 9.12 Å². The summed E-state index contributed by atoms with van der Waals surface area (Å²) in [7, 11) is 0.340. The Morgan fingerprint density at radius 2 is 2.00 bits per heavy atom. The van der Waals surface area contributed by atoms with Crippen molar-refractivity contribution in [3.63, 3.8) is 0 Å². The van der Waals surface area contributed by atoms with Crippen LogP contribution in [0.15, 0.2) is 48.1 Å². The van der Waals surface area contributed by atoms with Gasteiger partial charge in [0.1, 0.15) is 0 Å². The average Bonchev–Trinajstić information content (AvgIpc) is 2.83. The standard InChI is InChI=1S/C14H11NSi/c1-2-5-12-10(4-1)8-11-9-14-13(15(11)12)6-3-7-16-14/h1-7,9,16H,8H2. The summed E-state index contributed by atoms with van der Waals surface area (Å²) in [4.78, 5) is 1.55. The second kappa shape index (κ2) is 2.92. The molecular formula is C14H11NSi. The quantitative estimate of drug-likeness (QED) is 0.402. The van der Waals surface area contributed by atoms with Gasteiger partial charge in [0, 0.05) is 32.4 Å². The molecule has 1 nitrogen and oxygen atoms in total. The van der Waals surface area contributed by atoms with Crippen LogP contribution in [0.25, 0.3) is 16.2 Å². The molecule has 0 aliphatic carbocycles. The van der Waals surface area contributed by atoms with Gasteiger partial charge in [-0.15, -0.1) is 0 Å². The number of fused-ring (bicyclic) bond motifs is 5. The number of benzene rings is 1. The molecule has 0 unspecified atom stereocenters. The van der Waals surface area contributed by atoms with Crippen molar-refractivity contribution < 1.29 is 0 Å². The smallest absolute Gasteiger partial charge is 0.0494 e. The SMILES string of the molecule is c1ccc2c(c1)Cc1cc3[siH]cccc3n1-2. The first-order valence-corrected chi connectivity index (χ1v) is 6.85. The van der Waals surface area contributed by atoms with Crippen LogP contribution in [0.1, 0.15) is 11.3 Å². The monoisotopic (exact) mass is 221 g/mol. The Bertz CT molecular complexity index is 697. The van der Waals surface area contributed by atoms with Gasteiger partial charge in [0.05, 0.1) is 0 Å². The van der Waals surface area contributed by atoms with E-state index in [1.165, 1.54) is 22.5 Å². The summed E-state index contributed by atoms with van der Waals surface area (Å²) in [5.41, 5.74) is 8.02. The normalized spacial score (nSPS) is 12.8. The lowest BCUT2D eigenvalue weighted by Gasteiger charge is -2.03. The molecule has 3 heterocycles. The highest BCUT2D eigenvalue weighted by molar-refractivity contribution is 6.46. The maximum Gasteiger partial charge on any atom is 0.0494 e. The van der Waals surface area contributed by atoms with Crippen molar-refractivity contribution in [1.82, 2.24) is 4.57 Å². The van der Waals surface area contributed by atoms with Crippen molar-refractivity contribution in [2.24, 2.45) is 0 Å². The number of rotatable bonds is 0. The van der Waals surface area contributed by atoms with E-state index in [9.17, 15) is 0 Å². The Labute approximate surface area is 96.1 Å². The first-order chi connectivity index (χ1) is 7.93. The summed E-state index contributed by atoms with van der Waals surface area (Å²) >= 11 is 0. The summed E-state index contributed by atoms with van der Waals surface area (Å²) in [5.74, 6) is 0. The minimum atomic E-state index is 0.340. The molecule has 0 saturated carbocycles. The van der Waals surface area contributed by atoms with Crippen LogP contribution in [0.4, 0.5) is 0 Å². The number of aromatic nitrogens is 1. The highest BCUT2D eigenvalue weighted by Crippen LogP contribution is 2.32. The van der Waals surface area contributed by atoms with Crippen LogP contribution < -0.4 is 0 Å². The van der Waals surface area contributed by atoms with Crippen LogP contribution in [0, 0.1) is 0 Å². The van der Waals surface area contributed by atoms with Crippen molar-refractivity contribution in [2.45, 2.75) is 6.42 Å². The molecule has 2 heteroatoms. The first-order valence-electron chi connectivity index (χ1n) is 5.61. The molecule has 3 aromatic rings. The molecule has 0 fully saturated rings. The topological polar surface area (TPSA) is 4.93 Å².